The number of hydrogen-bond donors (Lipinski definition) is 1. The summed E-state index contributed by atoms with van der Waals surface area (Å²) in [7, 11) is 1.66. The van der Waals surface area contributed by atoms with Gasteiger partial charge in [0.2, 0.25) is 0 Å². The molecule has 0 aromatic carbocycles. The van der Waals surface area contributed by atoms with Crippen LogP contribution >= 0.6 is 11.6 Å². The van der Waals surface area contributed by atoms with Gasteiger partial charge in [-0.25, -0.2) is 0 Å². The van der Waals surface area contributed by atoms with Crippen molar-refractivity contribution in [2.75, 3.05) is 45.8 Å². The van der Waals surface area contributed by atoms with Crippen molar-refractivity contribution >= 4 is 11.6 Å². The van der Waals surface area contributed by atoms with E-state index in [1.807, 2.05) is 0 Å². The maximum absolute atomic E-state index is 8.78. The van der Waals surface area contributed by atoms with E-state index in [0.717, 1.165) is 18.7 Å². The third kappa shape index (κ3) is 7.02. The zero-order valence-corrected chi connectivity index (χ0v) is 8.89. The van der Waals surface area contributed by atoms with Crippen molar-refractivity contribution in [2.24, 2.45) is 0 Å². The zero-order valence-electron chi connectivity index (χ0n) is 8.13. The Morgan fingerprint density at radius 2 is 2.23 bits per heavy atom. The average molecular weight is 208 g/mol. The second-order valence-electron chi connectivity index (χ2n) is 2.88. The van der Waals surface area contributed by atoms with Crippen LogP contribution in [0.5, 0.6) is 0 Å². The standard InChI is InChI=1S/C9H18ClNO2/c1-9(7-10)8-11(3-5-12)4-6-13-2/h12H,1,3-8H2,2H3. The molecule has 0 radical (unpaired) electrons. The number of halogens is 1. The maximum atomic E-state index is 8.78. The van der Waals surface area contributed by atoms with Gasteiger partial charge in [0.05, 0.1) is 13.2 Å². The molecule has 0 fully saturated rings. The Labute approximate surface area is 84.9 Å². The molecule has 0 saturated heterocycles. The van der Waals surface area contributed by atoms with Crippen LogP contribution in [-0.2, 0) is 4.74 Å². The van der Waals surface area contributed by atoms with Crippen molar-refractivity contribution in [3.05, 3.63) is 12.2 Å². The van der Waals surface area contributed by atoms with Crippen LogP contribution < -0.4 is 0 Å². The highest BCUT2D eigenvalue weighted by molar-refractivity contribution is 6.19. The van der Waals surface area contributed by atoms with Crippen LogP contribution in [0.1, 0.15) is 0 Å². The molecule has 0 rings (SSSR count). The summed E-state index contributed by atoms with van der Waals surface area (Å²) in [5, 5.41) is 8.78. The van der Waals surface area contributed by atoms with E-state index >= 15 is 0 Å². The van der Waals surface area contributed by atoms with Crippen molar-refractivity contribution in [3.8, 4) is 0 Å². The molecule has 0 heterocycles. The van der Waals surface area contributed by atoms with Gasteiger partial charge in [0.1, 0.15) is 0 Å². The number of nitrogens with zero attached hydrogens (tertiary/aromatic N) is 1. The zero-order chi connectivity index (χ0) is 10.1. The van der Waals surface area contributed by atoms with Crippen LogP contribution in [-0.4, -0.2) is 55.8 Å². The fourth-order valence-electron chi connectivity index (χ4n) is 0.990. The number of aliphatic hydroxyl groups is 1. The number of ether oxygens (including phenoxy) is 1. The molecule has 0 atom stereocenters. The van der Waals surface area contributed by atoms with Gasteiger partial charge in [0.15, 0.2) is 0 Å². The number of alkyl halides is 1. The van der Waals surface area contributed by atoms with E-state index < -0.39 is 0 Å². The predicted molar refractivity (Wildman–Crippen MR) is 55.3 cm³/mol. The Morgan fingerprint density at radius 1 is 1.54 bits per heavy atom. The lowest BCUT2D eigenvalue weighted by Gasteiger charge is -2.21. The minimum absolute atomic E-state index is 0.152. The molecule has 0 aliphatic rings. The Balaban J connectivity index is 3.71. The summed E-state index contributed by atoms with van der Waals surface area (Å²) in [5.74, 6) is 0.467. The molecule has 0 unspecified atom stereocenters. The van der Waals surface area contributed by atoms with E-state index in [2.05, 4.69) is 11.5 Å². The number of aliphatic hydroxyl groups excluding tert-OH is 1. The van der Waals surface area contributed by atoms with Gasteiger partial charge in [-0.1, -0.05) is 6.58 Å². The second-order valence-corrected chi connectivity index (χ2v) is 3.14. The summed E-state index contributed by atoms with van der Waals surface area (Å²) < 4.78 is 4.95. The van der Waals surface area contributed by atoms with Crippen LogP contribution in [0.4, 0.5) is 0 Å². The fraction of sp³-hybridized carbons (Fsp3) is 0.778. The molecule has 78 valence electrons. The lowest BCUT2D eigenvalue weighted by Crippen LogP contribution is -2.32. The summed E-state index contributed by atoms with van der Waals surface area (Å²) in [5.41, 5.74) is 0.964. The van der Waals surface area contributed by atoms with Gasteiger partial charge in [-0.2, -0.15) is 0 Å². The van der Waals surface area contributed by atoms with Gasteiger partial charge < -0.3 is 9.84 Å². The van der Waals surface area contributed by atoms with E-state index in [0.29, 0.717) is 19.0 Å². The summed E-state index contributed by atoms with van der Waals surface area (Å²) >= 11 is 5.61. The maximum Gasteiger partial charge on any atom is 0.0589 e. The molecule has 0 aliphatic heterocycles. The van der Waals surface area contributed by atoms with Gasteiger partial charge >= 0.3 is 0 Å². The summed E-state index contributed by atoms with van der Waals surface area (Å²) in [6, 6.07) is 0. The third-order valence-corrected chi connectivity index (χ3v) is 2.04. The molecule has 0 amide bonds. The largest absolute Gasteiger partial charge is 0.395 e. The van der Waals surface area contributed by atoms with E-state index in [-0.39, 0.29) is 6.61 Å². The van der Waals surface area contributed by atoms with Crippen LogP contribution in [0.3, 0.4) is 0 Å². The van der Waals surface area contributed by atoms with Gasteiger partial charge in [0, 0.05) is 32.6 Å². The van der Waals surface area contributed by atoms with E-state index in [1.54, 1.807) is 7.11 Å². The molecule has 13 heavy (non-hydrogen) atoms. The first kappa shape index (κ1) is 12.9. The highest BCUT2D eigenvalue weighted by Crippen LogP contribution is 1.98. The first-order valence-electron chi connectivity index (χ1n) is 4.29. The Kier molecular flexibility index (Phi) is 8.45. The molecule has 0 aromatic rings. The van der Waals surface area contributed by atoms with Gasteiger partial charge in [-0.3, -0.25) is 4.90 Å². The smallest absolute Gasteiger partial charge is 0.0589 e. The topological polar surface area (TPSA) is 32.7 Å². The SMILES string of the molecule is C=C(CCl)CN(CCO)CCOC. The van der Waals surface area contributed by atoms with Crippen molar-refractivity contribution in [2.45, 2.75) is 0 Å². The average Bonchev–Trinajstić information content (AvgIpc) is 2.14. The lowest BCUT2D eigenvalue weighted by molar-refractivity contribution is 0.137. The molecule has 0 aromatic heterocycles. The summed E-state index contributed by atoms with van der Waals surface area (Å²) in [6.45, 7) is 6.79. The first-order valence-corrected chi connectivity index (χ1v) is 4.82. The van der Waals surface area contributed by atoms with E-state index in [9.17, 15) is 0 Å². The van der Waals surface area contributed by atoms with Gasteiger partial charge in [-0.05, 0) is 5.57 Å². The Bertz CT molecular complexity index is 142. The minimum atomic E-state index is 0.152. The molecule has 0 spiro atoms. The first-order chi connectivity index (χ1) is 6.24. The highest BCUT2D eigenvalue weighted by atomic mass is 35.5. The Hall–Kier alpha value is -0.0900. The second kappa shape index (κ2) is 8.51. The van der Waals surface area contributed by atoms with E-state index in [1.165, 1.54) is 0 Å². The third-order valence-electron chi connectivity index (χ3n) is 1.66. The molecule has 0 saturated carbocycles. The highest BCUT2D eigenvalue weighted by Gasteiger charge is 2.04. The Morgan fingerprint density at radius 3 is 2.69 bits per heavy atom. The van der Waals surface area contributed by atoms with Gasteiger partial charge in [0.25, 0.3) is 0 Å². The quantitative estimate of drug-likeness (QED) is 0.471. The number of methoxy groups -OCH3 is 1. The lowest BCUT2D eigenvalue weighted by atomic mass is 10.3. The summed E-state index contributed by atoms with van der Waals surface area (Å²) in [6.07, 6.45) is 0. The van der Waals surface area contributed by atoms with Crippen LogP contribution in [0, 0.1) is 0 Å². The molecular formula is C9H18ClNO2. The normalized spacial score (nSPS) is 10.8. The molecule has 3 nitrogen and oxygen atoms in total. The van der Waals surface area contributed by atoms with Crippen LogP contribution in [0.25, 0.3) is 0 Å². The van der Waals surface area contributed by atoms with Crippen LogP contribution in [0.15, 0.2) is 12.2 Å². The molecule has 0 aliphatic carbocycles. The van der Waals surface area contributed by atoms with Crippen molar-refractivity contribution in [1.29, 1.82) is 0 Å². The van der Waals surface area contributed by atoms with Crippen molar-refractivity contribution in [1.82, 2.24) is 4.90 Å². The number of rotatable bonds is 8. The predicted octanol–water partition coefficient (Wildman–Crippen LogP) is 0.722. The fourth-order valence-corrected chi connectivity index (χ4v) is 1.07. The van der Waals surface area contributed by atoms with Crippen molar-refractivity contribution < 1.29 is 9.84 Å². The molecule has 4 heteroatoms. The monoisotopic (exact) mass is 207 g/mol. The van der Waals surface area contributed by atoms with E-state index in [4.69, 9.17) is 21.4 Å². The van der Waals surface area contributed by atoms with Gasteiger partial charge in [-0.15, -0.1) is 11.6 Å². The molecule has 0 bridgehead atoms. The van der Waals surface area contributed by atoms with Crippen LogP contribution in [0.2, 0.25) is 0 Å². The molecule has 1 N–H and O–H groups in total. The minimum Gasteiger partial charge on any atom is -0.395 e. The number of hydrogen-bond acceptors (Lipinski definition) is 3. The molecular weight excluding hydrogens is 190 g/mol. The summed E-state index contributed by atoms with van der Waals surface area (Å²) in [4.78, 5) is 2.06. The van der Waals surface area contributed by atoms with Crippen molar-refractivity contribution in [3.63, 3.8) is 0 Å².